The third-order valence-electron chi connectivity index (χ3n) is 6.58. The minimum absolute atomic E-state index is 0.132. The number of hydrogen-bond donors (Lipinski definition) is 0. The van der Waals surface area contributed by atoms with Crippen molar-refractivity contribution in [2.75, 3.05) is 6.61 Å². The van der Waals surface area contributed by atoms with E-state index in [9.17, 15) is 9.59 Å². The van der Waals surface area contributed by atoms with Gasteiger partial charge in [0.25, 0.3) is 0 Å². The number of benzene rings is 3. The summed E-state index contributed by atoms with van der Waals surface area (Å²) in [6.45, 7) is 8.74. The van der Waals surface area contributed by atoms with Crippen LogP contribution in [0.5, 0.6) is 0 Å². The second-order valence-electron chi connectivity index (χ2n) is 9.01. The number of carbonyl (C=O) groups is 2. The van der Waals surface area contributed by atoms with Gasteiger partial charge in [0, 0.05) is 12.1 Å². The largest absolute Gasteiger partial charge is 0.462 e. The van der Waals surface area contributed by atoms with Gasteiger partial charge in [0.1, 0.15) is 11.2 Å². The minimum atomic E-state index is -0.432. The molecule has 5 heteroatoms. The second kappa shape index (κ2) is 8.91. The summed E-state index contributed by atoms with van der Waals surface area (Å²) in [5.41, 5.74) is 8.42. The quantitative estimate of drug-likeness (QED) is 0.220. The molecule has 5 aromatic rings. The number of hydrogen-bond acceptors (Lipinski definition) is 3. The van der Waals surface area contributed by atoms with Crippen molar-refractivity contribution < 1.29 is 14.3 Å². The van der Waals surface area contributed by atoms with E-state index >= 15 is 0 Å². The van der Waals surface area contributed by atoms with Crippen LogP contribution in [0, 0.1) is 20.8 Å². The lowest BCUT2D eigenvalue weighted by Crippen LogP contribution is -2.07. The Bertz CT molecular complexity index is 1570. The smallest absolute Gasteiger partial charge is 0.341 e. The summed E-state index contributed by atoms with van der Waals surface area (Å²) in [5.74, 6) is -0.564. The first-order valence-corrected chi connectivity index (χ1v) is 11.9. The van der Waals surface area contributed by atoms with Crippen molar-refractivity contribution in [3.8, 4) is 0 Å². The van der Waals surface area contributed by atoms with E-state index in [1.54, 1.807) is 13.0 Å². The fourth-order valence-electron chi connectivity index (χ4n) is 4.61. The number of esters is 1. The second-order valence-corrected chi connectivity index (χ2v) is 9.01. The lowest BCUT2D eigenvalue weighted by molar-refractivity contribution is 0.0528. The lowest BCUT2D eigenvalue weighted by Gasteiger charge is -2.09. The Labute approximate surface area is 204 Å². The molecule has 0 aliphatic rings. The molecule has 35 heavy (non-hydrogen) atoms. The summed E-state index contributed by atoms with van der Waals surface area (Å²) >= 11 is 0. The first kappa shape index (κ1) is 22.7. The van der Waals surface area contributed by atoms with Crippen LogP contribution < -0.4 is 0 Å². The van der Waals surface area contributed by atoms with Crippen molar-refractivity contribution in [3.63, 3.8) is 0 Å². The number of ketones is 1. The summed E-state index contributed by atoms with van der Waals surface area (Å²) < 4.78 is 9.47. The van der Waals surface area contributed by atoms with Gasteiger partial charge in [-0.05, 0) is 62.6 Å². The molecule has 0 bridgehead atoms. The SMILES string of the molecule is CCOC(=O)c1cc(C(=O)c2ccc(C)cc2)n2c3cc(C)c(C)cc3n(Cc3ccccc3)c12. The molecule has 5 rings (SSSR count). The van der Waals surface area contributed by atoms with Crippen LogP contribution in [0.4, 0.5) is 0 Å². The van der Waals surface area contributed by atoms with Gasteiger partial charge < -0.3 is 9.30 Å². The fourth-order valence-corrected chi connectivity index (χ4v) is 4.61. The van der Waals surface area contributed by atoms with Crippen molar-refractivity contribution in [2.45, 2.75) is 34.2 Å². The Morgan fingerprint density at radius 2 is 1.49 bits per heavy atom. The summed E-state index contributed by atoms with van der Waals surface area (Å²) in [7, 11) is 0. The monoisotopic (exact) mass is 464 g/mol. The van der Waals surface area contributed by atoms with Gasteiger partial charge in [0.05, 0.1) is 23.3 Å². The van der Waals surface area contributed by atoms with Gasteiger partial charge >= 0.3 is 5.97 Å². The maximum Gasteiger partial charge on any atom is 0.341 e. The molecule has 0 aliphatic heterocycles. The molecule has 3 aromatic carbocycles. The number of imidazole rings is 1. The number of rotatable bonds is 6. The van der Waals surface area contributed by atoms with Gasteiger partial charge in [0.15, 0.2) is 0 Å². The average Bonchev–Trinajstić information content (AvgIpc) is 3.37. The van der Waals surface area contributed by atoms with E-state index in [0.717, 1.165) is 33.3 Å². The van der Waals surface area contributed by atoms with Crippen LogP contribution in [-0.4, -0.2) is 27.3 Å². The van der Waals surface area contributed by atoms with Gasteiger partial charge in [0.2, 0.25) is 5.78 Å². The highest BCUT2D eigenvalue weighted by atomic mass is 16.5. The predicted molar refractivity (Wildman–Crippen MR) is 138 cm³/mol. The Hall–Kier alpha value is -4.12. The molecule has 5 nitrogen and oxygen atoms in total. The molecule has 0 N–H and O–H groups in total. The summed E-state index contributed by atoms with van der Waals surface area (Å²) in [5, 5.41) is 0. The van der Waals surface area contributed by atoms with Crippen LogP contribution in [0.1, 0.15) is 55.6 Å². The fraction of sp³-hybridized carbons (Fsp3) is 0.200. The number of carbonyl (C=O) groups excluding carboxylic acids is 2. The molecule has 0 unspecified atom stereocenters. The number of aromatic nitrogens is 2. The van der Waals surface area contributed by atoms with Crippen molar-refractivity contribution in [1.82, 2.24) is 8.97 Å². The van der Waals surface area contributed by atoms with E-state index < -0.39 is 5.97 Å². The van der Waals surface area contributed by atoms with Gasteiger partial charge in [-0.25, -0.2) is 4.79 Å². The number of nitrogens with zero attached hydrogens (tertiary/aromatic N) is 2. The lowest BCUT2D eigenvalue weighted by atomic mass is 10.1. The van der Waals surface area contributed by atoms with Gasteiger partial charge in [-0.2, -0.15) is 0 Å². The van der Waals surface area contributed by atoms with E-state index in [1.807, 2.05) is 53.8 Å². The Morgan fingerprint density at radius 3 is 2.14 bits per heavy atom. The summed E-state index contributed by atoms with van der Waals surface area (Å²) in [6.07, 6.45) is 0. The Balaban J connectivity index is 1.85. The highest BCUT2D eigenvalue weighted by Crippen LogP contribution is 2.32. The van der Waals surface area contributed by atoms with Crippen LogP contribution in [-0.2, 0) is 11.3 Å². The number of ether oxygens (including phenoxy) is 1. The van der Waals surface area contributed by atoms with E-state index in [2.05, 4.69) is 42.7 Å². The van der Waals surface area contributed by atoms with Crippen LogP contribution in [0.2, 0.25) is 0 Å². The van der Waals surface area contributed by atoms with Crippen LogP contribution in [0.15, 0.2) is 72.8 Å². The maximum absolute atomic E-state index is 13.7. The zero-order valence-electron chi connectivity index (χ0n) is 20.5. The molecule has 2 aromatic heterocycles. The zero-order chi connectivity index (χ0) is 24.7. The first-order chi connectivity index (χ1) is 16.9. The molecule has 0 saturated carbocycles. The van der Waals surface area contributed by atoms with Crippen molar-refractivity contribution in [3.05, 3.63) is 112 Å². The topological polar surface area (TPSA) is 52.7 Å². The number of fused-ring (bicyclic) bond motifs is 3. The van der Waals surface area contributed by atoms with E-state index in [-0.39, 0.29) is 12.4 Å². The molecule has 0 amide bonds. The Morgan fingerprint density at radius 1 is 0.829 bits per heavy atom. The van der Waals surface area contributed by atoms with E-state index in [1.165, 1.54) is 0 Å². The molecule has 0 fully saturated rings. The highest BCUT2D eigenvalue weighted by molar-refractivity contribution is 6.12. The molecule has 0 radical (unpaired) electrons. The third kappa shape index (κ3) is 3.93. The molecule has 2 heterocycles. The molecule has 0 aliphatic carbocycles. The molecule has 0 saturated heterocycles. The van der Waals surface area contributed by atoms with Crippen LogP contribution >= 0.6 is 0 Å². The zero-order valence-corrected chi connectivity index (χ0v) is 20.5. The number of aryl methyl sites for hydroxylation is 3. The molecular formula is C30H28N2O3. The molecule has 176 valence electrons. The molecular weight excluding hydrogens is 436 g/mol. The van der Waals surface area contributed by atoms with Crippen molar-refractivity contribution in [2.24, 2.45) is 0 Å². The highest BCUT2D eigenvalue weighted by Gasteiger charge is 2.27. The molecule has 0 atom stereocenters. The van der Waals surface area contributed by atoms with E-state index in [4.69, 9.17) is 4.74 Å². The maximum atomic E-state index is 13.7. The minimum Gasteiger partial charge on any atom is -0.462 e. The summed E-state index contributed by atoms with van der Waals surface area (Å²) in [4.78, 5) is 26.9. The third-order valence-corrected chi connectivity index (χ3v) is 6.58. The average molecular weight is 465 g/mol. The first-order valence-electron chi connectivity index (χ1n) is 11.9. The van der Waals surface area contributed by atoms with Crippen LogP contribution in [0.3, 0.4) is 0 Å². The van der Waals surface area contributed by atoms with E-state index in [0.29, 0.717) is 29.0 Å². The molecule has 0 spiro atoms. The van der Waals surface area contributed by atoms with Gasteiger partial charge in [-0.15, -0.1) is 0 Å². The van der Waals surface area contributed by atoms with Crippen LogP contribution in [0.25, 0.3) is 16.7 Å². The predicted octanol–water partition coefficient (Wildman–Crippen LogP) is 6.28. The Kier molecular flexibility index (Phi) is 5.77. The van der Waals surface area contributed by atoms with Crippen molar-refractivity contribution in [1.29, 1.82) is 0 Å². The normalized spacial score (nSPS) is 11.3. The standard InChI is InChI=1S/C30H28N2O3/c1-5-35-30(34)24-17-27(28(33)23-13-11-19(2)12-14-23)32-26-16-21(4)20(3)15-25(26)31(29(24)32)18-22-9-7-6-8-10-22/h6-17H,5,18H2,1-4H3. The van der Waals surface area contributed by atoms with Gasteiger partial charge in [-0.3, -0.25) is 9.20 Å². The van der Waals surface area contributed by atoms with Crippen molar-refractivity contribution >= 4 is 28.4 Å². The van der Waals surface area contributed by atoms with Gasteiger partial charge in [-0.1, -0.05) is 60.2 Å². The summed E-state index contributed by atoms with van der Waals surface area (Å²) in [6, 6.07) is 23.6.